The molecule has 5 rings (SSSR count). The van der Waals surface area contributed by atoms with Gasteiger partial charge < -0.3 is 84.6 Å². The number of primary amides is 1. The Morgan fingerprint density at radius 1 is 0.553 bits per heavy atom. The molecule has 0 aliphatic heterocycles. The molecule has 10 amide bonds. The van der Waals surface area contributed by atoms with Gasteiger partial charge >= 0.3 is 11.9 Å². The van der Waals surface area contributed by atoms with Crippen LogP contribution in [0.25, 0.3) is 10.9 Å². The average Bonchev–Trinajstić information content (AvgIpc) is 1.61. The van der Waals surface area contributed by atoms with Gasteiger partial charge in [-0.15, -0.1) is 0 Å². The fourth-order valence-electron chi connectivity index (χ4n) is 10.1. The zero-order chi connectivity index (χ0) is 69.3. The molecule has 3 aromatic carbocycles. The van der Waals surface area contributed by atoms with E-state index in [1.807, 2.05) is 13.8 Å². The number of thiol groups is 1. The predicted octanol–water partition coefficient (Wildman–Crippen LogP) is 0.0605. The number of carboxylic acid groups (broad SMARTS) is 2. The number of carbonyl (C=O) groups excluding carboxylic acids is 10. The van der Waals surface area contributed by atoms with Crippen molar-refractivity contribution >= 4 is 94.5 Å². The van der Waals surface area contributed by atoms with Gasteiger partial charge in [-0.1, -0.05) is 109 Å². The highest BCUT2D eigenvalue weighted by molar-refractivity contribution is 7.80. The van der Waals surface area contributed by atoms with Crippen molar-refractivity contribution in [2.75, 3.05) is 5.75 Å². The Bertz CT molecular complexity index is 3420. The number of amides is 10. The van der Waals surface area contributed by atoms with Crippen LogP contribution < -0.4 is 59.3 Å². The lowest BCUT2D eigenvalue weighted by molar-refractivity contribution is -0.142. The number of rotatable bonds is 38. The maximum absolute atomic E-state index is 14.5. The third-order valence-electron chi connectivity index (χ3n) is 15.5. The monoisotopic (exact) mass is 1320 g/mol. The molecule has 0 spiro atoms. The van der Waals surface area contributed by atoms with Crippen molar-refractivity contribution in [3.05, 3.63) is 120 Å². The quantitative estimate of drug-likeness (QED) is 0.0232. The van der Waals surface area contributed by atoms with Gasteiger partial charge in [0.25, 0.3) is 0 Å². The number of phenols is 1. The Kier molecular flexibility index (Phi) is 29.0. The first-order valence-corrected chi connectivity index (χ1v) is 31.4. The second-order valence-corrected chi connectivity index (χ2v) is 24.2. The molecule has 0 saturated heterocycles. The van der Waals surface area contributed by atoms with Gasteiger partial charge in [-0.05, 0) is 65.5 Å². The topological polar surface area (TPSA) is 470 Å². The largest absolute Gasteiger partial charge is 0.508 e. The second kappa shape index (κ2) is 36.4. The van der Waals surface area contributed by atoms with E-state index in [0.717, 1.165) is 10.9 Å². The van der Waals surface area contributed by atoms with Gasteiger partial charge in [0.15, 0.2) is 0 Å². The van der Waals surface area contributed by atoms with Crippen LogP contribution in [-0.4, -0.2) is 167 Å². The maximum atomic E-state index is 14.5. The highest BCUT2D eigenvalue weighted by Gasteiger charge is 2.38. The van der Waals surface area contributed by atoms with Gasteiger partial charge in [0.05, 0.1) is 18.8 Å². The number of aromatic nitrogens is 3. The van der Waals surface area contributed by atoms with E-state index >= 15 is 0 Å². The highest BCUT2D eigenvalue weighted by Crippen LogP contribution is 2.21. The van der Waals surface area contributed by atoms with Crippen molar-refractivity contribution in [2.24, 2.45) is 29.2 Å². The number of aliphatic carboxylic acids is 2. The Morgan fingerprint density at radius 3 is 1.61 bits per heavy atom. The van der Waals surface area contributed by atoms with Crippen molar-refractivity contribution < 1.29 is 72.9 Å². The van der Waals surface area contributed by atoms with Crippen LogP contribution in [0.2, 0.25) is 0 Å². The van der Waals surface area contributed by atoms with Crippen molar-refractivity contribution in [2.45, 2.75) is 160 Å². The fourth-order valence-corrected chi connectivity index (χ4v) is 10.3. The number of carbonyl (C=O) groups is 12. The number of nitrogens with two attached hydrogens (primary N) is 2. The normalized spacial score (nSPS) is 14.8. The Labute approximate surface area is 548 Å². The van der Waals surface area contributed by atoms with E-state index in [1.54, 1.807) is 86.8 Å². The van der Waals surface area contributed by atoms with Gasteiger partial charge in [0.2, 0.25) is 59.1 Å². The number of fused-ring (bicyclic) bond motifs is 1. The first kappa shape index (κ1) is 74.9. The van der Waals surface area contributed by atoms with Gasteiger partial charge in [0.1, 0.15) is 60.1 Å². The molecule has 0 fully saturated rings. The molecule has 0 radical (unpaired) electrons. The van der Waals surface area contributed by atoms with Crippen molar-refractivity contribution in [1.29, 1.82) is 0 Å². The first-order chi connectivity index (χ1) is 44.6. The van der Waals surface area contributed by atoms with E-state index in [-0.39, 0.29) is 48.8 Å². The molecule has 0 saturated carbocycles. The first-order valence-electron chi connectivity index (χ1n) is 30.7. The number of nitrogens with one attached hydrogen (secondary N) is 11. The van der Waals surface area contributed by atoms with Crippen LogP contribution in [0.15, 0.2) is 97.6 Å². The van der Waals surface area contributed by atoms with Crippen molar-refractivity contribution in [1.82, 2.24) is 62.8 Å². The third-order valence-corrected chi connectivity index (χ3v) is 15.9. The van der Waals surface area contributed by atoms with E-state index in [0.29, 0.717) is 29.5 Å². The number of aromatic amines is 2. The minimum Gasteiger partial charge on any atom is -0.508 e. The minimum absolute atomic E-state index is 0.0316. The average molecular weight is 1320 g/mol. The molecule has 30 heteroatoms. The number of phenolic OH excluding ortho intramolecular Hbond substituents is 1. The van der Waals surface area contributed by atoms with Crippen LogP contribution in [0.4, 0.5) is 0 Å². The van der Waals surface area contributed by atoms with Crippen molar-refractivity contribution in [3.8, 4) is 5.75 Å². The second-order valence-electron chi connectivity index (χ2n) is 23.8. The summed E-state index contributed by atoms with van der Waals surface area (Å²) in [6, 6.07) is 6.78. The lowest BCUT2D eigenvalue weighted by Gasteiger charge is -2.30. The van der Waals surface area contributed by atoms with Crippen molar-refractivity contribution in [3.63, 3.8) is 0 Å². The summed E-state index contributed by atoms with van der Waals surface area (Å²) in [5.74, 6) is -14.2. The number of benzene rings is 3. The summed E-state index contributed by atoms with van der Waals surface area (Å²) in [7, 11) is 0. The fraction of sp³-hybridized carbons (Fsp3) is 0.453. The molecule has 2 heterocycles. The number of para-hydroxylation sites is 1. The zero-order valence-electron chi connectivity index (χ0n) is 53.1. The lowest BCUT2D eigenvalue weighted by atomic mass is 9.95. The van der Waals surface area contributed by atoms with Gasteiger partial charge in [0, 0.05) is 66.8 Å². The van der Waals surface area contributed by atoms with Crippen LogP contribution in [0.1, 0.15) is 96.0 Å². The Balaban J connectivity index is 1.34. The number of hydrogen-bond donors (Lipinski definition) is 17. The van der Waals surface area contributed by atoms with Crippen LogP contribution in [0.3, 0.4) is 0 Å². The van der Waals surface area contributed by atoms with Crippen LogP contribution >= 0.6 is 12.6 Å². The molecule has 29 nitrogen and oxygen atoms in total. The summed E-state index contributed by atoms with van der Waals surface area (Å²) in [4.78, 5) is 174. The van der Waals surface area contributed by atoms with Crippen LogP contribution in [0, 0.1) is 17.8 Å². The van der Waals surface area contributed by atoms with E-state index < -0.39 is 163 Å². The molecular weight excluding hydrogens is 1240 g/mol. The molecule has 11 atom stereocenters. The molecule has 18 N–H and O–H groups in total. The molecule has 0 unspecified atom stereocenters. The number of aromatic hydroxyl groups is 1. The highest BCUT2D eigenvalue weighted by atomic mass is 32.1. The summed E-state index contributed by atoms with van der Waals surface area (Å²) in [5, 5.41) is 53.7. The molecule has 2 aromatic heterocycles. The van der Waals surface area contributed by atoms with E-state index in [9.17, 15) is 72.9 Å². The third kappa shape index (κ3) is 23.4. The maximum Gasteiger partial charge on any atom is 0.326 e. The number of nitrogens with zero attached hydrogens (tertiary/aromatic N) is 1. The predicted molar refractivity (Wildman–Crippen MR) is 348 cm³/mol. The number of imidazole rings is 1. The van der Waals surface area contributed by atoms with Gasteiger partial charge in [-0.3, -0.25) is 52.7 Å². The number of hydrogen-bond acceptors (Lipinski definition) is 16. The Hall–Kier alpha value is -9.84. The molecule has 508 valence electrons. The van der Waals surface area contributed by atoms with Gasteiger partial charge in [-0.25, -0.2) is 9.78 Å². The van der Waals surface area contributed by atoms with E-state index in [2.05, 4.69) is 75.4 Å². The standard InChI is InChI=1S/C64H86N14O15S/c1-7-35(6)54(63(91)75-49(64(92)93)26-38-29-68-43-16-12-11-15-41(38)43)78-62(90)53(34(4)5)77-60(88)48(28-52(81)82)74-56(84)44(21-22-51(66)80)70-59(87)47(27-39-30-67-32-69-39)73-61(89)50(31-94)76-58(86)46(24-36-13-9-8-10-14-36)72-57(85)45(25-37-17-19-40(79)20-18-37)71-55(83)42(65)23-33(2)3/h8-20,29-30,32-35,42,44-50,53-54,68,79,94H,7,21-28,31,65H2,1-6H3,(H2,66,80)(H,67,69)(H,70,87)(H,71,83)(H,72,85)(H,73,89)(H,74,84)(H,75,91)(H,76,86)(H,77,88)(H,78,90)(H,81,82)(H,92,93)/t35-,42-,44-,45-,46-,47-,48-,49-,50-,53-,54-/m0/s1. The summed E-state index contributed by atoms with van der Waals surface area (Å²) in [6.07, 6.45) is 2.03. The Morgan fingerprint density at radius 2 is 1.05 bits per heavy atom. The lowest BCUT2D eigenvalue weighted by Crippen LogP contribution is -2.62. The number of H-pyrrole nitrogens is 2. The molecule has 0 aliphatic rings. The summed E-state index contributed by atoms with van der Waals surface area (Å²) in [5.41, 5.74) is 14.4. The summed E-state index contributed by atoms with van der Waals surface area (Å²) < 4.78 is 0. The summed E-state index contributed by atoms with van der Waals surface area (Å²) in [6.45, 7) is 10.2. The molecular formula is C64H86N14O15S. The SMILES string of the molecule is CC[C@H](C)[C@H](NC(=O)[C@@H](NC(=O)[C@H](CC(=O)O)NC(=O)[C@H](CCC(N)=O)NC(=O)[C@H](Cc1cnc[nH]1)NC(=O)[C@H](CS)NC(=O)[C@H](Cc1ccccc1)NC(=O)[C@H](Cc1ccc(O)cc1)NC(=O)[C@@H](N)CC(C)C)C(C)C)C(=O)N[C@@H](Cc1c[nH]c2ccccc12)C(=O)O. The van der Waals surface area contributed by atoms with E-state index in [1.165, 1.54) is 38.5 Å². The molecule has 0 bridgehead atoms. The van der Waals surface area contributed by atoms with Crippen LogP contribution in [-0.2, 0) is 83.2 Å². The van der Waals surface area contributed by atoms with Gasteiger partial charge in [-0.2, -0.15) is 12.6 Å². The molecule has 0 aliphatic carbocycles. The minimum atomic E-state index is -1.96. The summed E-state index contributed by atoms with van der Waals surface area (Å²) >= 11 is 4.34. The van der Waals surface area contributed by atoms with Crippen LogP contribution in [0.5, 0.6) is 5.75 Å². The molecule has 94 heavy (non-hydrogen) atoms. The smallest absolute Gasteiger partial charge is 0.326 e. The zero-order valence-corrected chi connectivity index (χ0v) is 54.0. The number of carboxylic acids is 2. The van der Waals surface area contributed by atoms with E-state index in [4.69, 9.17) is 11.5 Å². The molecule has 5 aromatic rings.